The van der Waals surface area contributed by atoms with Crippen LogP contribution in [-0.2, 0) is 6.42 Å². The third kappa shape index (κ3) is 3.26. The third-order valence-corrected chi connectivity index (χ3v) is 4.61. The van der Waals surface area contributed by atoms with E-state index < -0.39 is 0 Å². The first-order chi connectivity index (χ1) is 12.7. The molecule has 0 spiro atoms. The summed E-state index contributed by atoms with van der Waals surface area (Å²) in [6, 6.07) is 23.9. The Morgan fingerprint density at radius 2 is 1.58 bits per heavy atom. The number of benzene rings is 3. The van der Waals surface area contributed by atoms with Crippen LogP contribution in [0.1, 0.15) is 12.5 Å². The summed E-state index contributed by atoms with van der Waals surface area (Å²) >= 11 is 6.01. The SMILES string of the molecule is CCc1ccccc1Nc1nc(-c2ccc(Cl)cc2)nc2ccccc12. The summed E-state index contributed by atoms with van der Waals surface area (Å²) in [5.74, 6) is 1.48. The summed E-state index contributed by atoms with van der Waals surface area (Å²) in [5, 5.41) is 5.21. The van der Waals surface area contributed by atoms with Gasteiger partial charge in [-0.2, -0.15) is 0 Å². The first kappa shape index (κ1) is 16.6. The number of nitrogens with zero attached hydrogens (tertiary/aromatic N) is 2. The van der Waals surface area contributed by atoms with Gasteiger partial charge < -0.3 is 5.32 Å². The number of aryl methyl sites for hydroxylation is 1. The molecule has 4 rings (SSSR count). The minimum atomic E-state index is 0.678. The summed E-state index contributed by atoms with van der Waals surface area (Å²) in [6.45, 7) is 2.15. The zero-order valence-corrected chi connectivity index (χ0v) is 15.2. The normalized spacial score (nSPS) is 10.8. The van der Waals surface area contributed by atoms with E-state index in [1.54, 1.807) is 0 Å². The van der Waals surface area contributed by atoms with Crippen molar-refractivity contribution in [3.05, 3.63) is 83.4 Å². The molecule has 3 nitrogen and oxygen atoms in total. The van der Waals surface area contributed by atoms with Gasteiger partial charge in [0.05, 0.1) is 5.52 Å². The Hall–Kier alpha value is -2.91. The van der Waals surface area contributed by atoms with E-state index in [0.717, 1.165) is 34.4 Å². The molecule has 0 amide bonds. The van der Waals surface area contributed by atoms with Crippen LogP contribution >= 0.6 is 11.6 Å². The van der Waals surface area contributed by atoms with Gasteiger partial charge in [0.2, 0.25) is 0 Å². The van der Waals surface area contributed by atoms with Crippen molar-refractivity contribution in [3.8, 4) is 11.4 Å². The van der Waals surface area contributed by atoms with Gasteiger partial charge in [-0.1, -0.05) is 48.9 Å². The molecule has 26 heavy (non-hydrogen) atoms. The number of hydrogen-bond donors (Lipinski definition) is 1. The molecule has 4 aromatic rings. The maximum atomic E-state index is 6.01. The Morgan fingerprint density at radius 1 is 0.846 bits per heavy atom. The average Bonchev–Trinajstić information content (AvgIpc) is 2.69. The Kier molecular flexibility index (Phi) is 4.55. The van der Waals surface area contributed by atoms with Gasteiger partial charge in [-0.3, -0.25) is 0 Å². The van der Waals surface area contributed by atoms with Crippen molar-refractivity contribution < 1.29 is 0 Å². The van der Waals surface area contributed by atoms with E-state index >= 15 is 0 Å². The molecule has 4 heteroatoms. The van der Waals surface area contributed by atoms with E-state index in [9.17, 15) is 0 Å². The van der Waals surface area contributed by atoms with Crippen LogP contribution in [0.15, 0.2) is 72.8 Å². The second kappa shape index (κ2) is 7.14. The van der Waals surface area contributed by atoms with Gasteiger partial charge in [0.25, 0.3) is 0 Å². The van der Waals surface area contributed by atoms with Gasteiger partial charge in [0.1, 0.15) is 5.82 Å². The van der Waals surface area contributed by atoms with Crippen LogP contribution in [0.5, 0.6) is 0 Å². The molecule has 3 aromatic carbocycles. The largest absolute Gasteiger partial charge is 0.339 e. The van der Waals surface area contributed by atoms with Crippen LogP contribution in [0.4, 0.5) is 11.5 Å². The fourth-order valence-corrected chi connectivity index (χ4v) is 3.10. The Labute approximate surface area is 157 Å². The topological polar surface area (TPSA) is 37.8 Å². The molecule has 0 radical (unpaired) electrons. The monoisotopic (exact) mass is 359 g/mol. The number of hydrogen-bond acceptors (Lipinski definition) is 3. The zero-order valence-electron chi connectivity index (χ0n) is 14.4. The molecule has 0 atom stereocenters. The fourth-order valence-electron chi connectivity index (χ4n) is 2.98. The summed E-state index contributed by atoms with van der Waals surface area (Å²) in [6.07, 6.45) is 0.955. The number of aromatic nitrogens is 2. The molecule has 0 aliphatic heterocycles. The molecule has 0 unspecified atom stereocenters. The molecule has 1 aromatic heterocycles. The predicted molar refractivity (Wildman–Crippen MR) is 109 cm³/mol. The molecule has 0 aliphatic carbocycles. The van der Waals surface area contributed by atoms with E-state index in [-0.39, 0.29) is 0 Å². The lowest BCUT2D eigenvalue weighted by Crippen LogP contribution is -2.01. The second-order valence-electron chi connectivity index (χ2n) is 6.06. The van der Waals surface area contributed by atoms with E-state index in [1.165, 1.54) is 5.56 Å². The van der Waals surface area contributed by atoms with E-state index in [0.29, 0.717) is 10.8 Å². The van der Waals surface area contributed by atoms with Crippen molar-refractivity contribution in [1.82, 2.24) is 9.97 Å². The Bertz CT molecular complexity index is 1060. The fraction of sp³-hybridized carbons (Fsp3) is 0.0909. The standard InChI is InChI=1S/C22H18ClN3/c1-2-15-7-3-5-9-19(15)24-22-18-8-4-6-10-20(18)25-21(26-22)16-11-13-17(23)14-12-16/h3-14H,2H2,1H3,(H,24,25,26). The molecule has 0 bridgehead atoms. The zero-order chi connectivity index (χ0) is 17.9. The van der Waals surface area contributed by atoms with E-state index in [4.69, 9.17) is 21.6 Å². The van der Waals surface area contributed by atoms with Gasteiger partial charge in [-0.05, 0) is 54.4 Å². The van der Waals surface area contributed by atoms with Crippen molar-refractivity contribution >= 4 is 34.0 Å². The Morgan fingerprint density at radius 3 is 2.38 bits per heavy atom. The van der Waals surface area contributed by atoms with Crippen LogP contribution in [0.2, 0.25) is 5.02 Å². The smallest absolute Gasteiger partial charge is 0.162 e. The number of para-hydroxylation sites is 2. The summed E-state index contributed by atoms with van der Waals surface area (Å²) in [4.78, 5) is 9.53. The summed E-state index contributed by atoms with van der Waals surface area (Å²) < 4.78 is 0. The molecule has 0 saturated carbocycles. The summed E-state index contributed by atoms with van der Waals surface area (Å²) in [5.41, 5.74) is 4.17. The van der Waals surface area contributed by atoms with Crippen LogP contribution < -0.4 is 5.32 Å². The molecule has 0 aliphatic rings. The molecule has 0 saturated heterocycles. The van der Waals surface area contributed by atoms with Crippen molar-refractivity contribution in [2.24, 2.45) is 0 Å². The van der Waals surface area contributed by atoms with Crippen LogP contribution in [0, 0.1) is 0 Å². The third-order valence-electron chi connectivity index (χ3n) is 4.36. The predicted octanol–water partition coefficient (Wildman–Crippen LogP) is 6.26. The number of rotatable bonds is 4. The first-order valence-corrected chi connectivity index (χ1v) is 9.00. The average molecular weight is 360 g/mol. The second-order valence-corrected chi connectivity index (χ2v) is 6.49. The maximum Gasteiger partial charge on any atom is 0.162 e. The molecule has 1 N–H and O–H groups in total. The highest BCUT2D eigenvalue weighted by atomic mass is 35.5. The quantitative estimate of drug-likeness (QED) is 0.467. The lowest BCUT2D eigenvalue weighted by atomic mass is 10.1. The van der Waals surface area contributed by atoms with Gasteiger partial charge in [0, 0.05) is 21.7 Å². The minimum absolute atomic E-state index is 0.678. The van der Waals surface area contributed by atoms with Crippen LogP contribution in [-0.4, -0.2) is 9.97 Å². The number of nitrogens with one attached hydrogen (secondary N) is 1. The highest BCUT2D eigenvalue weighted by Gasteiger charge is 2.11. The number of halogens is 1. The lowest BCUT2D eigenvalue weighted by molar-refractivity contribution is 1.14. The lowest BCUT2D eigenvalue weighted by Gasteiger charge is -2.13. The molecule has 128 valence electrons. The van der Waals surface area contributed by atoms with Gasteiger partial charge in [0.15, 0.2) is 5.82 Å². The number of anilines is 2. The first-order valence-electron chi connectivity index (χ1n) is 8.62. The number of fused-ring (bicyclic) bond motifs is 1. The molecule has 1 heterocycles. The van der Waals surface area contributed by atoms with Gasteiger partial charge in [-0.15, -0.1) is 0 Å². The molecular formula is C22H18ClN3. The van der Waals surface area contributed by atoms with Crippen molar-refractivity contribution in [3.63, 3.8) is 0 Å². The summed E-state index contributed by atoms with van der Waals surface area (Å²) in [7, 11) is 0. The van der Waals surface area contributed by atoms with Crippen molar-refractivity contribution in [2.45, 2.75) is 13.3 Å². The van der Waals surface area contributed by atoms with Crippen LogP contribution in [0.3, 0.4) is 0 Å². The molecular weight excluding hydrogens is 342 g/mol. The highest BCUT2D eigenvalue weighted by Crippen LogP contribution is 2.29. The van der Waals surface area contributed by atoms with Gasteiger partial charge >= 0.3 is 0 Å². The van der Waals surface area contributed by atoms with Crippen LogP contribution in [0.25, 0.3) is 22.3 Å². The van der Waals surface area contributed by atoms with E-state index in [1.807, 2.05) is 54.6 Å². The minimum Gasteiger partial charge on any atom is -0.339 e. The van der Waals surface area contributed by atoms with Crippen molar-refractivity contribution in [1.29, 1.82) is 0 Å². The van der Waals surface area contributed by atoms with E-state index in [2.05, 4.69) is 30.4 Å². The maximum absolute atomic E-state index is 6.01. The van der Waals surface area contributed by atoms with Crippen molar-refractivity contribution in [2.75, 3.05) is 5.32 Å². The highest BCUT2D eigenvalue weighted by molar-refractivity contribution is 6.30. The molecule has 0 fully saturated rings. The van der Waals surface area contributed by atoms with Gasteiger partial charge in [-0.25, -0.2) is 9.97 Å². The Balaban J connectivity index is 1.86.